The molecule has 0 amide bonds. The summed E-state index contributed by atoms with van der Waals surface area (Å²) in [6.07, 6.45) is 8.52. The summed E-state index contributed by atoms with van der Waals surface area (Å²) in [4.78, 5) is 0. The SMILES string of the molecule is CO[Si](OC)(OC)c1ccc(/C=C/c2ccc(/C=C\c3ccc(CP(=O)(OC(C)(C)C)OC(C)(C)C)cc3)cc2)cc1. The van der Waals surface area contributed by atoms with E-state index in [0.29, 0.717) is 0 Å². The van der Waals surface area contributed by atoms with Gasteiger partial charge in [-0.15, -0.1) is 0 Å². The summed E-state index contributed by atoms with van der Waals surface area (Å²) in [5.41, 5.74) is 4.09. The van der Waals surface area contributed by atoms with Crippen LogP contribution in [0.4, 0.5) is 0 Å². The second-order valence-electron chi connectivity index (χ2n) is 12.0. The third-order valence-corrected chi connectivity index (χ3v) is 11.2. The monoisotopic (exact) mass is 608 g/mol. The summed E-state index contributed by atoms with van der Waals surface area (Å²) < 4.78 is 42.1. The van der Waals surface area contributed by atoms with Gasteiger partial charge in [0, 0.05) is 26.5 Å². The van der Waals surface area contributed by atoms with Gasteiger partial charge in [-0.05, 0) is 69.4 Å². The fourth-order valence-electron chi connectivity index (χ4n) is 4.38. The maximum Gasteiger partial charge on any atom is 0.536 e. The van der Waals surface area contributed by atoms with Crippen molar-refractivity contribution in [3.8, 4) is 0 Å². The summed E-state index contributed by atoms with van der Waals surface area (Å²) >= 11 is 0. The van der Waals surface area contributed by atoms with Crippen molar-refractivity contribution in [2.24, 2.45) is 0 Å². The van der Waals surface area contributed by atoms with Crippen molar-refractivity contribution in [3.05, 3.63) is 101 Å². The number of hydrogen-bond donors (Lipinski definition) is 0. The van der Waals surface area contributed by atoms with E-state index in [-0.39, 0.29) is 6.16 Å². The lowest BCUT2D eigenvalue weighted by atomic mass is 10.1. The van der Waals surface area contributed by atoms with E-state index >= 15 is 0 Å². The third-order valence-electron chi connectivity index (χ3n) is 6.13. The second kappa shape index (κ2) is 14.2. The van der Waals surface area contributed by atoms with Crippen molar-refractivity contribution in [3.63, 3.8) is 0 Å². The van der Waals surface area contributed by atoms with Gasteiger partial charge in [-0.2, -0.15) is 0 Å². The van der Waals surface area contributed by atoms with E-state index in [1.165, 1.54) is 0 Å². The molecular weight excluding hydrogens is 563 g/mol. The Hall–Kier alpha value is -2.61. The predicted octanol–water partition coefficient (Wildman–Crippen LogP) is 8.44. The molecular formula is C34H45O6PSi. The lowest BCUT2D eigenvalue weighted by molar-refractivity contribution is 0.0485. The van der Waals surface area contributed by atoms with Gasteiger partial charge in [0.15, 0.2) is 0 Å². The first-order valence-electron chi connectivity index (χ1n) is 14.0. The standard InChI is InChI=1S/C34H45O6PSi/c1-33(2,3)39-41(35,40-34(4,5)6)26-31-20-18-29(19-21-31)15-14-27-10-12-28(13-11-27)16-17-30-22-24-32(25-23-30)42(36-7,37-8)38-9/h10-25H,26H2,1-9H3/b15-14-,17-16+. The lowest BCUT2D eigenvalue weighted by Gasteiger charge is -2.32. The molecule has 0 heterocycles. The van der Waals surface area contributed by atoms with Crippen LogP contribution in [0.2, 0.25) is 0 Å². The first-order valence-corrected chi connectivity index (χ1v) is 17.5. The number of hydrogen-bond acceptors (Lipinski definition) is 6. The van der Waals surface area contributed by atoms with Gasteiger partial charge in [-0.25, -0.2) is 0 Å². The van der Waals surface area contributed by atoms with Crippen LogP contribution in [-0.2, 0) is 33.1 Å². The van der Waals surface area contributed by atoms with Crippen molar-refractivity contribution in [1.29, 1.82) is 0 Å². The van der Waals surface area contributed by atoms with Crippen LogP contribution < -0.4 is 5.19 Å². The Morgan fingerprint density at radius 1 is 0.571 bits per heavy atom. The zero-order chi connectivity index (χ0) is 31.0. The van der Waals surface area contributed by atoms with Crippen LogP contribution in [0.5, 0.6) is 0 Å². The molecule has 0 aliphatic carbocycles. The van der Waals surface area contributed by atoms with Crippen LogP contribution in [0.1, 0.15) is 69.4 Å². The highest BCUT2D eigenvalue weighted by Crippen LogP contribution is 2.56. The highest BCUT2D eigenvalue weighted by molar-refractivity contribution is 7.53. The van der Waals surface area contributed by atoms with Crippen LogP contribution in [0, 0.1) is 0 Å². The van der Waals surface area contributed by atoms with E-state index in [4.69, 9.17) is 22.3 Å². The average molecular weight is 609 g/mol. The van der Waals surface area contributed by atoms with Gasteiger partial charge < -0.3 is 22.3 Å². The molecule has 0 fully saturated rings. The van der Waals surface area contributed by atoms with Gasteiger partial charge in [0.1, 0.15) is 0 Å². The Bertz CT molecular complexity index is 1350. The van der Waals surface area contributed by atoms with E-state index in [1.54, 1.807) is 21.3 Å². The maximum absolute atomic E-state index is 13.6. The molecule has 0 N–H and O–H groups in total. The molecule has 3 rings (SSSR count). The van der Waals surface area contributed by atoms with Crippen molar-refractivity contribution >= 4 is 45.9 Å². The molecule has 0 aliphatic rings. The third kappa shape index (κ3) is 10.3. The zero-order valence-electron chi connectivity index (χ0n) is 26.3. The van der Waals surface area contributed by atoms with Crippen molar-refractivity contribution in [1.82, 2.24) is 0 Å². The van der Waals surface area contributed by atoms with E-state index in [9.17, 15) is 4.57 Å². The molecule has 0 saturated carbocycles. The highest BCUT2D eigenvalue weighted by atomic mass is 31.2. The normalized spacial score (nSPS) is 13.4. The highest BCUT2D eigenvalue weighted by Gasteiger charge is 2.40. The largest absolute Gasteiger partial charge is 0.536 e. The second-order valence-corrected chi connectivity index (χ2v) is 16.9. The minimum Gasteiger partial charge on any atom is -0.373 e. The van der Waals surface area contributed by atoms with E-state index < -0.39 is 27.6 Å². The molecule has 0 unspecified atom stereocenters. The molecule has 0 aliphatic heterocycles. The maximum atomic E-state index is 13.6. The summed E-state index contributed by atoms with van der Waals surface area (Å²) in [7, 11) is -1.34. The van der Waals surface area contributed by atoms with Gasteiger partial charge in [0.05, 0.1) is 17.4 Å². The molecule has 0 bridgehead atoms. The van der Waals surface area contributed by atoms with Crippen LogP contribution in [-0.4, -0.2) is 41.3 Å². The minimum atomic E-state index is -3.34. The Labute approximate surface area is 253 Å². The summed E-state index contributed by atoms with van der Waals surface area (Å²) in [5.74, 6) is 0. The number of benzene rings is 3. The van der Waals surface area contributed by atoms with Crippen molar-refractivity contribution in [2.75, 3.05) is 21.3 Å². The molecule has 3 aromatic rings. The van der Waals surface area contributed by atoms with Gasteiger partial charge in [0.2, 0.25) is 0 Å². The summed E-state index contributed by atoms with van der Waals surface area (Å²) in [5, 5.41) is 0.919. The molecule has 42 heavy (non-hydrogen) atoms. The smallest absolute Gasteiger partial charge is 0.373 e. The molecule has 0 saturated heterocycles. The molecule has 0 radical (unpaired) electrons. The summed E-state index contributed by atoms with van der Waals surface area (Å²) in [6, 6.07) is 24.4. The van der Waals surface area contributed by atoms with E-state index in [2.05, 4.69) is 48.6 Å². The molecule has 0 atom stereocenters. The van der Waals surface area contributed by atoms with Crippen molar-refractivity contribution < 1.29 is 26.9 Å². The van der Waals surface area contributed by atoms with Crippen LogP contribution in [0.15, 0.2) is 72.8 Å². The fourth-order valence-corrected chi connectivity index (χ4v) is 8.66. The topological polar surface area (TPSA) is 63.2 Å². The predicted molar refractivity (Wildman–Crippen MR) is 177 cm³/mol. The van der Waals surface area contributed by atoms with Gasteiger partial charge in [0.25, 0.3) is 0 Å². The Morgan fingerprint density at radius 3 is 1.19 bits per heavy atom. The fraction of sp³-hybridized carbons (Fsp3) is 0.353. The quantitative estimate of drug-likeness (QED) is 0.117. The zero-order valence-corrected chi connectivity index (χ0v) is 28.2. The average Bonchev–Trinajstić information content (AvgIpc) is 2.92. The van der Waals surface area contributed by atoms with Crippen LogP contribution in [0.25, 0.3) is 24.3 Å². The van der Waals surface area contributed by atoms with E-state index in [1.807, 2.05) is 90.1 Å². The lowest BCUT2D eigenvalue weighted by Crippen LogP contribution is -2.54. The Kier molecular flexibility index (Phi) is 11.5. The van der Waals surface area contributed by atoms with Crippen LogP contribution >= 0.6 is 7.60 Å². The first kappa shape index (κ1) is 33.9. The van der Waals surface area contributed by atoms with E-state index in [0.717, 1.165) is 33.0 Å². The van der Waals surface area contributed by atoms with Crippen LogP contribution in [0.3, 0.4) is 0 Å². The molecule has 8 heteroatoms. The molecule has 0 spiro atoms. The molecule has 226 valence electrons. The van der Waals surface area contributed by atoms with Gasteiger partial charge >= 0.3 is 16.4 Å². The molecule has 3 aromatic carbocycles. The molecule has 6 nitrogen and oxygen atoms in total. The summed E-state index contributed by atoms with van der Waals surface area (Å²) in [6.45, 7) is 11.3. The van der Waals surface area contributed by atoms with Gasteiger partial charge in [-0.1, -0.05) is 97.1 Å². The molecule has 0 aromatic heterocycles. The first-order chi connectivity index (χ1) is 19.7. The number of rotatable bonds is 12. The van der Waals surface area contributed by atoms with Crippen molar-refractivity contribution in [2.45, 2.75) is 58.9 Å². The minimum absolute atomic E-state index is 0.223. The van der Waals surface area contributed by atoms with Gasteiger partial charge in [-0.3, -0.25) is 4.57 Å². The Morgan fingerprint density at radius 2 is 0.881 bits per heavy atom. The Balaban J connectivity index is 1.63.